The number of aromatic amines is 1. The molecule has 0 saturated carbocycles. The number of anilines is 1. The maximum absolute atomic E-state index is 4.16. The van der Waals surface area contributed by atoms with E-state index in [0.29, 0.717) is 0 Å². The lowest BCUT2D eigenvalue weighted by atomic mass is 10.1. The zero-order valence-electron chi connectivity index (χ0n) is 9.22. The molecule has 0 aliphatic carbocycles. The third-order valence-electron chi connectivity index (χ3n) is 2.71. The summed E-state index contributed by atoms with van der Waals surface area (Å²) in [4.78, 5) is 4.16. The number of fused-ring (bicyclic) bond motifs is 1. The summed E-state index contributed by atoms with van der Waals surface area (Å²) in [6.07, 6.45) is 5.44. The fraction of sp³-hybridized carbons (Fsp3) is 0.0769. The van der Waals surface area contributed by atoms with Gasteiger partial charge in [0.05, 0.1) is 12.2 Å². The number of nitrogens with zero attached hydrogens (tertiary/aromatic N) is 2. The molecule has 0 aliphatic heterocycles. The van der Waals surface area contributed by atoms with Crippen molar-refractivity contribution < 1.29 is 0 Å². The first-order valence-electron chi connectivity index (χ1n) is 5.48. The second-order valence-corrected chi connectivity index (χ2v) is 3.84. The van der Waals surface area contributed by atoms with E-state index in [-0.39, 0.29) is 0 Å². The van der Waals surface area contributed by atoms with E-state index in [4.69, 9.17) is 0 Å². The van der Waals surface area contributed by atoms with Crippen LogP contribution in [-0.2, 0) is 6.54 Å². The van der Waals surface area contributed by atoms with Crippen molar-refractivity contribution in [3.8, 4) is 0 Å². The van der Waals surface area contributed by atoms with Crippen LogP contribution in [0.25, 0.3) is 10.8 Å². The van der Waals surface area contributed by atoms with Gasteiger partial charge in [-0.15, -0.1) is 0 Å². The summed E-state index contributed by atoms with van der Waals surface area (Å²) < 4.78 is 0. The molecule has 0 aliphatic rings. The van der Waals surface area contributed by atoms with Crippen LogP contribution in [0.2, 0.25) is 0 Å². The minimum atomic E-state index is 0.730. The third-order valence-corrected chi connectivity index (χ3v) is 2.71. The predicted octanol–water partition coefficient (Wildman–Crippen LogP) is 2.57. The Kier molecular flexibility index (Phi) is 2.46. The number of nitrogens with one attached hydrogen (secondary N) is 2. The summed E-state index contributed by atoms with van der Waals surface area (Å²) in [5.41, 5.74) is 2.15. The van der Waals surface area contributed by atoms with E-state index in [2.05, 4.69) is 32.6 Å². The third kappa shape index (κ3) is 1.97. The molecule has 2 heterocycles. The Morgan fingerprint density at radius 2 is 2.12 bits per heavy atom. The van der Waals surface area contributed by atoms with E-state index in [9.17, 15) is 0 Å². The fourth-order valence-corrected chi connectivity index (χ4v) is 1.84. The summed E-state index contributed by atoms with van der Waals surface area (Å²) in [7, 11) is 0. The number of benzene rings is 1. The Morgan fingerprint density at radius 3 is 3.00 bits per heavy atom. The minimum Gasteiger partial charge on any atom is -0.379 e. The van der Waals surface area contributed by atoms with Crippen molar-refractivity contribution in [2.75, 3.05) is 5.32 Å². The van der Waals surface area contributed by atoms with Crippen LogP contribution in [0.3, 0.4) is 0 Å². The Bertz CT molecular complexity index is 611. The van der Waals surface area contributed by atoms with E-state index in [1.807, 2.05) is 24.4 Å². The smallest absolute Gasteiger partial charge is 0.0567 e. The molecule has 2 N–H and O–H groups in total. The Balaban J connectivity index is 1.90. The molecule has 3 rings (SSSR count). The van der Waals surface area contributed by atoms with E-state index in [1.165, 1.54) is 5.39 Å². The molecule has 2 aromatic heterocycles. The molecule has 4 nitrogen and oxygen atoms in total. The Labute approximate surface area is 98.7 Å². The molecule has 0 atom stereocenters. The maximum Gasteiger partial charge on any atom is 0.0567 e. The number of pyridine rings is 1. The average Bonchev–Trinajstić information content (AvgIpc) is 2.89. The van der Waals surface area contributed by atoms with Gasteiger partial charge < -0.3 is 5.32 Å². The second kappa shape index (κ2) is 4.25. The molecular weight excluding hydrogens is 212 g/mol. The molecule has 0 radical (unpaired) electrons. The van der Waals surface area contributed by atoms with E-state index in [1.54, 1.807) is 12.4 Å². The average molecular weight is 224 g/mol. The van der Waals surface area contributed by atoms with Crippen molar-refractivity contribution >= 4 is 16.5 Å². The lowest BCUT2D eigenvalue weighted by Crippen LogP contribution is -2.00. The number of aromatic nitrogens is 3. The molecule has 0 unspecified atom stereocenters. The highest BCUT2D eigenvalue weighted by Crippen LogP contribution is 2.22. The molecule has 0 saturated heterocycles. The van der Waals surface area contributed by atoms with E-state index in [0.717, 1.165) is 23.3 Å². The van der Waals surface area contributed by atoms with Gasteiger partial charge in [0.1, 0.15) is 0 Å². The summed E-state index contributed by atoms with van der Waals surface area (Å²) in [5, 5.41) is 12.5. The lowest BCUT2D eigenvalue weighted by molar-refractivity contribution is 0.982. The van der Waals surface area contributed by atoms with Crippen molar-refractivity contribution in [1.82, 2.24) is 15.2 Å². The fourth-order valence-electron chi connectivity index (χ4n) is 1.84. The van der Waals surface area contributed by atoms with Crippen LogP contribution in [0, 0.1) is 0 Å². The van der Waals surface area contributed by atoms with Crippen LogP contribution in [0.1, 0.15) is 5.69 Å². The molecule has 1 aromatic carbocycles. The van der Waals surface area contributed by atoms with Gasteiger partial charge in [-0.05, 0) is 23.6 Å². The zero-order chi connectivity index (χ0) is 11.5. The van der Waals surface area contributed by atoms with Crippen LogP contribution in [0.15, 0.2) is 48.9 Å². The summed E-state index contributed by atoms with van der Waals surface area (Å²) >= 11 is 0. The van der Waals surface area contributed by atoms with Gasteiger partial charge in [-0.25, -0.2) is 0 Å². The zero-order valence-corrected chi connectivity index (χ0v) is 9.22. The molecule has 84 valence electrons. The number of hydrogen-bond acceptors (Lipinski definition) is 3. The molecule has 17 heavy (non-hydrogen) atoms. The van der Waals surface area contributed by atoms with Gasteiger partial charge >= 0.3 is 0 Å². The topological polar surface area (TPSA) is 53.6 Å². The van der Waals surface area contributed by atoms with Gasteiger partial charge in [-0.1, -0.05) is 12.1 Å². The number of hydrogen-bond donors (Lipinski definition) is 2. The minimum absolute atomic E-state index is 0.730. The van der Waals surface area contributed by atoms with Crippen LogP contribution < -0.4 is 5.32 Å². The maximum atomic E-state index is 4.16. The van der Waals surface area contributed by atoms with Gasteiger partial charge in [-0.2, -0.15) is 5.10 Å². The van der Waals surface area contributed by atoms with Gasteiger partial charge in [0, 0.05) is 29.7 Å². The molecule has 0 amide bonds. The van der Waals surface area contributed by atoms with Crippen LogP contribution in [0.4, 0.5) is 5.69 Å². The van der Waals surface area contributed by atoms with Crippen molar-refractivity contribution in [2.24, 2.45) is 0 Å². The standard InChI is InChI=1S/C13H12N4/c1-2-10-4-6-14-9-12(10)13(3-1)15-8-11-5-7-16-17-11/h1-7,9,15H,8H2,(H,16,17). The number of H-pyrrole nitrogens is 1. The Morgan fingerprint density at radius 1 is 1.12 bits per heavy atom. The van der Waals surface area contributed by atoms with Crippen LogP contribution in [0.5, 0.6) is 0 Å². The van der Waals surface area contributed by atoms with Crippen molar-refractivity contribution in [3.05, 3.63) is 54.6 Å². The van der Waals surface area contributed by atoms with E-state index < -0.39 is 0 Å². The Hall–Kier alpha value is -2.36. The predicted molar refractivity (Wildman–Crippen MR) is 67.7 cm³/mol. The molecular formula is C13H12N4. The first kappa shape index (κ1) is 9.84. The van der Waals surface area contributed by atoms with Crippen molar-refractivity contribution in [2.45, 2.75) is 6.54 Å². The summed E-state index contributed by atoms with van der Waals surface area (Å²) in [5.74, 6) is 0. The normalized spacial score (nSPS) is 10.6. The molecule has 0 fully saturated rings. The first-order chi connectivity index (χ1) is 8.43. The molecule has 0 bridgehead atoms. The monoisotopic (exact) mass is 224 g/mol. The van der Waals surface area contributed by atoms with Gasteiger partial charge in [0.15, 0.2) is 0 Å². The first-order valence-corrected chi connectivity index (χ1v) is 5.48. The molecule has 0 spiro atoms. The number of rotatable bonds is 3. The van der Waals surface area contributed by atoms with Gasteiger partial charge in [0.2, 0.25) is 0 Å². The largest absolute Gasteiger partial charge is 0.379 e. The van der Waals surface area contributed by atoms with Gasteiger partial charge in [-0.3, -0.25) is 10.1 Å². The second-order valence-electron chi connectivity index (χ2n) is 3.84. The van der Waals surface area contributed by atoms with Crippen LogP contribution in [-0.4, -0.2) is 15.2 Å². The van der Waals surface area contributed by atoms with Crippen molar-refractivity contribution in [3.63, 3.8) is 0 Å². The highest BCUT2D eigenvalue weighted by atomic mass is 15.1. The molecule has 3 aromatic rings. The SMILES string of the molecule is c1cc(NCc2ccn[nH]2)c2cnccc2c1. The van der Waals surface area contributed by atoms with Crippen LogP contribution >= 0.6 is 0 Å². The highest BCUT2D eigenvalue weighted by Gasteiger charge is 2.00. The quantitative estimate of drug-likeness (QED) is 0.719. The van der Waals surface area contributed by atoms with E-state index >= 15 is 0 Å². The summed E-state index contributed by atoms with van der Waals surface area (Å²) in [6.45, 7) is 0.730. The van der Waals surface area contributed by atoms with Crippen molar-refractivity contribution in [1.29, 1.82) is 0 Å². The molecule has 4 heteroatoms. The summed E-state index contributed by atoms with van der Waals surface area (Å²) in [6, 6.07) is 10.1. The lowest BCUT2D eigenvalue weighted by Gasteiger charge is -2.08. The van der Waals surface area contributed by atoms with Gasteiger partial charge in [0.25, 0.3) is 0 Å². The highest BCUT2D eigenvalue weighted by molar-refractivity contribution is 5.92.